The van der Waals surface area contributed by atoms with Crippen LogP contribution in [-0.4, -0.2) is 32.8 Å². The maximum absolute atomic E-state index is 13.4. The molecular formula is C15H16F3N5O3. The predicted octanol–water partition coefficient (Wildman–Crippen LogP) is 1.69. The third-order valence-electron chi connectivity index (χ3n) is 3.49. The highest BCUT2D eigenvalue weighted by molar-refractivity contribution is 5.93. The molecule has 11 heteroatoms. The Morgan fingerprint density at radius 3 is 2.38 bits per heavy atom. The van der Waals surface area contributed by atoms with E-state index in [0.717, 1.165) is 10.8 Å². The lowest BCUT2D eigenvalue weighted by atomic mass is 9.97. The topological polar surface area (TPSA) is 122 Å². The molecule has 0 saturated carbocycles. The number of aryl methyl sites for hydroxylation is 1. The minimum Gasteiger partial charge on any atom is -0.374 e. The Kier molecular flexibility index (Phi) is 5.21. The highest BCUT2D eigenvalue weighted by atomic mass is 19.4. The van der Waals surface area contributed by atoms with Gasteiger partial charge in [-0.1, -0.05) is 6.07 Å². The van der Waals surface area contributed by atoms with Gasteiger partial charge < -0.3 is 26.0 Å². The zero-order valence-corrected chi connectivity index (χ0v) is 13.5. The van der Waals surface area contributed by atoms with Gasteiger partial charge in [0.15, 0.2) is 5.82 Å². The van der Waals surface area contributed by atoms with Crippen molar-refractivity contribution in [1.29, 1.82) is 0 Å². The Balaban J connectivity index is 2.21. The standard InChI is InChI=1S/C15H16F3N5O3/c1-23-6-5-20-12(23)14(26,15(16,17)18)8-11(24)21-9-3-2-4-10(7-9)22-13(19)25/h2-7,26H,8H2,1H3,(H,21,24)(H3,19,22,25). The molecule has 3 amide bonds. The van der Waals surface area contributed by atoms with Gasteiger partial charge in [-0.3, -0.25) is 4.79 Å². The number of hydrogen-bond acceptors (Lipinski definition) is 4. The van der Waals surface area contributed by atoms with Gasteiger partial charge in [-0.05, 0) is 18.2 Å². The number of rotatable bonds is 5. The van der Waals surface area contributed by atoms with Gasteiger partial charge in [-0.2, -0.15) is 13.2 Å². The van der Waals surface area contributed by atoms with Crippen LogP contribution in [0.1, 0.15) is 12.2 Å². The lowest BCUT2D eigenvalue weighted by molar-refractivity contribution is -0.270. The number of carbonyl (C=O) groups excluding carboxylic acids is 2. The van der Waals surface area contributed by atoms with Crippen molar-refractivity contribution in [2.24, 2.45) is 12.8 Å². The molecule has 5 N–H and O–H groups in total. The van der Waals surface area contributed by atoms with Crippen molar-refractivity contribution in [3.63, 3.8) is 0 Å². The number of aliphatic hydroxyl groups is 1. The Morgan fingerprint density at radius 1 is 1.27 bits per heavy atom. The van der Waals surface area contributed by atoms with Crippen LogP contribution >= 0.6 is 0 Å². The summed E-state index contributed by atoms with van der Waals surface area (Å²) in [6, 6.07) is 4.79. The van der Waals surface area contributed by atoms with Gasteiger partial charge in [-0.25, -0.2) is 9.78 Å². The molecule has 8 nitrogen and oxygen atoms in total. The van der Waals surface area contributed by atoms with Gasteiger partial charge in [0.25, 0.3) is 0 Å². The molecule has 1 unspecified atom stereocenters. The van der Waals surface area contributed by atoms with E-state index in [1.165, 1.54) is 37.5 Å². The number of hydrogen-bond donors (Lipinski definition) is 4. The second-order valence-electron chi connectivity index (χ2n) is 5.51. The van der Waals surface area contributed by atoms with Gasteiger partial charge in [0.1, 0.15) is 0 Å². The van der Waals surface area contributed by atoms with Crippen molar-refractivity contribution >= 4 is 23.3 Å². The largest absolute Gasteiger partial charge is 0.425 e. The predicted molar refractivity (Wildman–Crippen MR) is 86.1 cm³/mol. The summed E-state index contributed by atoms with van der Waals surface area (Å²) in [7, 11) is 1.27. The number of carbonyl (C=O) groups is 2. The summed E-state index contributed by atoms with van der Waals surface area (Å²) < 4.78 is 41.2. The maximum atomic E-state index is 13.4. The number of aromatic nitrogens is 2. The fourth-order valence-corrected chi connectivity index (χ4v) is 2.32. The number of primary amides is 1. The number of alkyl halides is 3. The van der Waals surface area contributed by atoms with Gasteiger partial charge in [0, 0.05) is 30.8 Å². The van der Waals surface area contributed by atoms with Crippen LogP contribution in [0.2, 0.25) is 0 Å². The van der Waals surface area contributed by atoms with Crippen LogP contribution in [0.15, 0.2) is 36.7 Å². The molecule has 1 atom stereocenters. The minimum atomic E-state index is -5.13. The van der Waals surface area contributed by atoms with Crippen molar-refractivity contribution in [2.75, 3.05) is 10.6 Å². The monoisotopic (exact) mass is 371 g/mol. The molecule has 1 heterocycles. The summed E-state index contributed by atoms with van der Waals surface area (Å²) >= 11 is 0. The van der Waals surface area contributed by atoms with E-state index in [1.807, 2.05) is 0 Å². The minimum absolute atomic E-state index is 0.116. The maximum Gasteiger partial charge on any atom is 0.425 e. The summed E-state index contributed by atoms with van der Waals surface area (Å²) in [5.74, 6) is -1.80. The number of imidazole rings is 1. The third-order valence-corrected chi connectivity index (χ3v) is 3.49. The molecule has 2 aromatic rings. The van der Waals surface area contributed by atoms with Crippen molar-refractivity contribution in [3.8, 4) is 0 Å². The molecule has 26 heavy (non-hydrogen) atoms. The number of amides is 3. The molecule has 0 aliphatic carbocycles. The number of urea groups is 1. The van der Waals surface area contributed by atoms with E-state index in [9.17, 15) is 27.9 Å². The number of nitrogens with two attached hydrogens (primary N) is 1. The molecule has 2 rings (SSSR count). The average molecular weight is 371 g/mol. The van der Waals surface area contributed by atoms with E-state index >= 15 is 0 Å². The van der Waals surface area contributed by atoms with Crippen molar-refractivity contribution in [3.05, 3.63) is 42.5 Å². The van der Waals surface area contributed by atoms with Crippen LogP contribution in [-0.2, 0) is 17.4 Å². The fourth-order valence-electron chi connectivity index (χ4n) is 2.32. The highest BCUT2D eigenvalue weighted by Gasteiger charge is 2.58. The quantitative estimate of drug-likeness (QED) is 0.639. The van der Waals surface area contributed by atoms with E-state index in [-0.39, 0.29) is 11.4 Å². The molecule has 0 aliphatic heterocycles. The molecule has 0 spiro atoms. The lowest BCUT2D eigenvalue weighted by Crippen LogP contribution is -2.46. The summed E-state index contributed by atoms with van der Waals surface area (Å²) in [6.07, 6.45) is -4.11. The SMILES string of the molecule is Cn1ccnc1C(O)(CC(=O)Nc1cccc(NC(N)=O)c1)C(F)(F)F. The molecule has 1 aromatic heterocycles. The first-order valence-corrected chi connectivity index (χ1v) is 7.26. The van der Waals surface area contributed by atoms with Crippen LogP contribution in [0.25, 0.3) is 0 Å². The normalized spacial score (nSPS) is 13.7. The van der Waals surface area contributed by atoms with Gasteiger partial charge in [-0.15, -0.1) is 0 Å². The molecule has 1 aromatic carbocycles. The summed E-state index contributed by atoms with van der Waals surface area (Å²) in [6.45, 7) is 0. The van der Waals surface area contributed by atoms with E-state index in [1.54, 1.807) is 0 Å². The van der Waals surface area contributed by atoms with Crippen molar-refractivity contribution in [1.82, 2.24) is 9.55 Å². The highest BCUT2D eigenvalue weighted by Crippen LogP contribution is 2.40. The first kappa shape index (κ1) is 19.2. The molecule has 0 bridgehead atoms. The smallest absolute Gasteiger partial charge is 0.374 e. The molecule has 0 radical (unpaired) electrons. The van der Waals surface area contributed by atoms with Crippen LogP contribution in [0, 0.1) is 0 Å². The molecule has 140 valence electrons. The van der Waals surface area contributed by atoms with E-state index in [2.05, 4.69) is 15.6 Å². The van der Waals surface area contributed by atoms with E-state index < -0.39 is 36.0 Å². The first-order chi connectivity index (χ1) is 12.0. The lowest BCUT2D eigenvalue weighted by Gasteiger charge is -2.29. The molecule has 0 fully saturated rings. The van der Waals surface area contributed by atoms with Crippen LogP contribution in [0.4, 0.5) is 29.3 Å². The number of nitrogens with one attached hydrogen (secondary N) is 2. The third kappa shape index (κ3) is 4.11. The second-order valence-corrected chi connectivity index (χ2v) is 5.51. The second kappa shape index (κ2) is 7.04. The Morgan fingerprint density at radius 2 is 1.88 bits per heavy atom. The van der Waals surface area contributed by atoms with Gasteiger partial charge in [0.2, 0.25) is 11.5 Å². The van der Waals surface area contributed by atoms with Crippen LogP contribution in [0.5, 0.6) is 0 Å². The molecule has 0 saturated heterocycles. The number of halogens is 3. The Labute approximate surface area is 145 Å². The Hall–Kier alpha value is -3.08. The zero-order chi connectivity index (χ0) is 19.5. The summed E-state index contributed by atoms with van der Waals surface area (Å²) in [5, 5.41) is 14.7. The number of anilines is 2. The summed E-state index contributed by atoms with van der Waals surface area (Å²) in [5.41, 5.74) is 1.87. The molecular weight excluding hydrogens is 355 g/mol. The number of benzene rings is 1. The van der Waals surface area contributed by atoms with Gasteiger partial charge in [0.05, 0.1) is 6.42 Å². The van der Waals surface area contributed by atoms with E-state index in [0.29, 0.717) is 0 Å². The van der Waals surface area contributed by atoms with E-state index in [4.69, 9.17) is 5.73 Å². The molecule has 0 aliphatic rings. The van der Waals surface area contributed by atoms with Crippen LogP contribution in [0.3, 0.4) is 0 Å². The zero-order valence-electron chi connectivity index (χ0n) is 13.5. The Bertz CT molecular complexity index is 821. The number of nitrogens with zero attached hydrogens (tertiary/aromatic N) is 2. The first-order valence-electron chi connectivity index (χ1n) is 7.26. The fraction of sp³-hybridized carbons (Fsp3) is 0.267. The summed E-state index contributed by atoms with van der Waals surface area (Å²) in [4.78, 5) is 26.4. The van der Waals surface area contributed by atoms with Crippen molar-refractivity contribution < 1.29 is 27.9 Å². The average Bonchev–Trinajstić information content (AvgIpc) is 2.92. The van der Waals surface area contributed by atoms with Gasteiger partial charge >= 0.3 is 12.2 Å². The van der Waals surface area contributed by atoms with Crippen LogP contribution < -0.4 is 16.4 Å². The van der Waals surface area contributed by atoms with Crippen molar-refractivity contribution in [2.45, 2.75) is 18.2 Å².